The smallest absolute Gasteiger partial charge is 0.314 e. The Hall–Kier alpha value is -1.59. The van der Waals surface area contributed by atoms with E-state index < -0.39 is 6.10 Å². The minimum Gasteiger partial charge on any atom is -0.389 e. The van der Waals surface area contributed by atoms with E-state index >= 15 is 0 Å². The van der Waals surface area contributed by atoms with Crippen LogP contribution in [-0.2, 0) is 10.2 Å². The standard InChI is InChI=1S/C16H24N2O3/c1-21-11-14(19)10-17-15(20)18-12-16(8-5-9-16)13-6-3-2-4-7-13/h2-4,6-7,14,19H,5,8-12H2,1H3,(H2,17,18,20). The number of hydrogen-bond donors (Lipinski definition) is 3. The molecule has 2 amide bonds. The SMILES string of the molecule is COCC(O)CNC(=O)NCC1(c2ccccc2)CCC1. The normalized spacial score (nSPS) is 17.6. The van der Waals surface area contributed by atoms with Gasteiger partial charge < -0.3 is 20.5 Å². The van der Waals surface area contributed by atoms with Crippen molar-refractivity contribution in [3.05, 3.63) is 35.9 Å². The first kappa shape index (κ1) is 15.8. The first-order valence-electron chi connectivity index (χ1n) is 7.40. The molecule has 1 unspecified atom stereocenters. The Morgan fingerprint density at radius 2 is 2.05 bits per heavy atom. The highest BCUT2D eigenvalue weighted by atomic mass is 16.5. The van der Waals surface area contributed by atoms with E-state index in [-0.39, 0.29) is 24.6 Å². The van der Waals surface area contributed by atoms with E-state index in [0.29, 0.717) is 6.54 Å². The van der Waals surface area contributed by atoms with E-state index in [1.165, 1.54) is 19.1 Å². The van der Waals surface area contributed by atoms with Crippen LogP contribution in [0.1, 0.15) is 24.8 Å². The van der Waals surface area contributed by atoms with E-state index in [4.69, 9.17) is 4.74 Å². The Morgan fingerprint density at radius 1 is 1.33 bits per heavy atom. The van der Waals surface area contributed by atoms with E-state index in [0.717, 1.165) is 12.8 Å². The van der Waals surface area contributed by atoms with Crippen molar-refractivity contribution in [1.82, 2.24) is 10.6 Å². The number of aliphatic hydroxyl groups is 1. The van der Waals surface area contributed by atoms with Gasteiger partial charge in [0, 0.05) is 25.6 Å². The fourth-order valence-electron chi connectivity index (χ4n) is 2.74. The van der Waals surface area contributed by atoms with Crippen molar-refractivity contribution in [2.45, 2.75) is 30.8 Å². The largest absolute Gasteiger partial charge is 0.389 e. The first-order chi connectivity index (χ1) is 10.2. The van der Waals surface area contributed by atoms with Gasteiger partial charge in [-0.1, -0.05) is 36.8 Å². The van der Waals surface area contributed by atoms with Gasteiger partial charge in [-0.15, -0.1) is 0 Å². The Balaban J connectivity index is 1.80. The molecular weight excluding hydrogens is 268 g/mol. The molecule has 116 valence electrons. The van der Waals surface area contributed by atoms with Crippen LogP contribution in [0, 0.1) is 0 Å². The maximum Gasteiger partial charge on any atom is 0.314 e. The van der Waals surface area contributed by atoms with Gasteiger partial charge in [0.25, 0.3) is 0 Å². The third kappa shape index (κ3) is 4.19. The maximum atomic E-state index is 11.8. The van der Waals surface area contributed by atoms with Crippen molar-refractivity contribution in [3.63, 3.8) is 0 Å². The van der Waals surface area contributed by atoms with Crippen LogP contribution in [0.25, 0.3) is 0 Å². The Labute approximate surface area is 125 Å². The van der Waals surface area contributed by atoms with Crippen LogP contribution >= 0.6 is 0 Å². The van der Waals surface area contributed by atoms with Gasteiger partial charge in [0.05, 0.1) is 12.7 Å². The summed E-state index contributed by atoms with van der Waals surface area (Å²) < 4.78 is 4.81. The highest BCUT2D eigenvalue weighted by Gasteiger charge is 2.38. The predicted octanol–water partition coefficient (Wildman–Crippen LogP) is 1.41. The molecule has 1 fully saturated rings. The summed E-state index contributed by atoms with van der Waals surface area (Å²) in [6.45, 7) is 1.04. The molecule has 2 rings (SSSR count). The second-order valence-electron chi connectivity index (χ2n) is 5.67. The monoisotopic (exact) mass is 292 g/mol. The lowest BCUT2D eigenvalue weighted by Crippen LogP contribution is -2.49. The molecule has 1 aromatic carbocycles. The van der Waals surface area contributed by atoms with Crippen LogP contribution in [0.15, 0.2) is 30.3 Å². The van der Waals surface area contributed by atoms with Gasteiger partial charge >= 0.3 is 6.03 Å². The van der Waals surface area contributed by atoms with Gasteiger partial charge in [0.1, 0.15) is 0 Å². The van der Waals surface area contributed by atoms with Crippen LogP contribution < -0.4 is 10.6 Å². The second-order valence-corrected chi connectivity index (χ2v) is 5.67. The highest BCUT2D eigenvalue weighted by Crippen LogP contribution is 2.43. The van der Waals surface area contributed by atoms with Crippen molar-refractivity contribution < 1.29 is 14.6 Å². The zero-order valence-electron chi connectivity index (χ0n) is 12.5. The number of rotatable bonds is 7. The van der Waals surface area contributed by atoms with Crippen LogP contribution in [0.5, 0.6) is 0 Å². The third-order valence-corrected chi connectivity index (χ3v) is 4.14. The molecule has 0 aliphatic heterocycles. The summed E-state index contributed by atoms with van der Waals surface area (Å²) in [5.41, 5.74) is 1.36. The van der Waals surface area contributed by atoms with Crippen molar-refractivity contribution in [2.24, 2.45) is 0 Å². The lowest BCUT2D eigenvalue weighted by atomic mass is 9.64. The molecule has 5 nitrogen and oxygen atoms in total. The summed E-state index contributed by atoms with van der Waals surface area (Å²) in [6.07, 6.45) is 2.73. The number of ether oxygens (including phenoxy) is 1. The highest BCUT2D eigenvalue weighted by molar-refractivity contribution is 5.74. The van der Waals surface area contributed by atoms with Gasteiger partial charge in [0.15, 0.2) is 0 Å². The predicted molar refractivity (Wildman–Crippen MR) is 81.3 cm³/mol. The minimum atomic E-state index is -0.674. The number of benzene rings is 1. The zero-order valence-corrected chi connectivity index (χ0v) is 12.5. The van der Waals surface area contributed by atoms with Gasteiger partial charge in [-0.3, -0.25) is 0 Å². The molecule has 21 heavy (non-hydrogen) atoms. The number of aliphatic hydroxyl groups excluding tert-OH is 1. The number of methoxy groups -OCH3 is 1. The molecule has 5 heteroatoms. The molecular formula is C16H24N2O3. The molecule has 0 saturated heterocycles. The van der Waals surface area contributed by atoms with Gasteiger partial charge in [-0.05, 0) is 18.4 Å². The molecule has 1 aliphatic carbocycles. The summed E-state index contributed by atoms with van der Waals surface area (Å²) in [7, 11) is 1.52. The van der Waals surface area contributed by atoms with E-state index in [1.807, 2.05) is 18.2 Å². The number of nitrogens with one attached hydrogen (secondary N) is 2. The van der Waals surface area contributed by atoms with Crippen molar-refractivity contribution in [3.8, 4) is 0 Å². The number of carbonyl (C=O) groups is 1. The number of urea groups is 1. The molecule has 0 radical (unpaired) electrons. The molecule has 0 bridgehead atoms. The van der Waals surface area contributed by atoms with Crippen LogP contribution in [0.3, 0.4) is 0 Å². The van der Waals surface area contributed by atoms with Gasteiger partial charge in [-0.25, -0.2) is 4.79 Å². The summed E-state index contributed by atoms with van der Waals surface area (Å²) in [6, 6.07) is 10.1. The fourth-order valence-corrected chi connectivity index (χ4v) is 2.74. The fraction of sp³-hybridized carbons (Fsp3) is 0.562. The average Bonchev–Trinajstić information content (AvgIpc) is 2.45. The van der Waals surface area contributed by atoms with E-state index in [9.17, 15) is 9.90 Å². The summed E-state index contributed by atoms with van der Waals surface area (Å²) in [5, 5.41) is 15.1. The van der Waals surface area contributed by atoms with Crippen molar-refractivity contribution in [2.75, 3.05) is 26.8 Å². The number of carbonyl (C=O) groups excluding carboxylic acids is 1. The van der Waals surface area contributed by atoms with Gasteiger partial charge in [-0.2, -0.15) is 0 Å². The van der Waals surface area contributed by atoms with Gasteiger partial charge in [0.2, 0.25) is 0 Å². The summed E-state index contributed by atoms with van der Waals surface area (Å²) >= 11 is 0. The number of hydrogen-bond acceptors (Lipinski definition) is 3. The molecule has 0 aromatic heterocycles. The summed E-state index contributed by atoms with van der Waals surface area (Å²) in [5.74, 6) is 0. The quantitative estimate of drug-likeness (QED) is 0.712. The van der Waals surface area contributed by atoms with Crippen LogP contribution in [-0.4, -0.2) is 44.0 Å². The minimum absolute atomic E-state index is 0.0732. The van der Waals surface area contributed by atoms with Crippen molar-refractivity contribution in [1.29, 1.82) is 0 Å². The topological polar surface area (TPSA) is 70.6 Å². The summed E-state index contributed by atoms with van der Waals surface area (Å²) in [4.78, 5) is 11.8. The average molecular weight is 292 g/mol. The molecule has 1 aromatic rings. The molecule has 1 atom stereocenters. The lowest BCUT2D eigenvalue weighted by molar-refractivity contribution is 0.0659. The van der Waals surface area contributed by atoms with Crippen LogP contribution in [0.4, 0.5) is 4.79 Å². The Kier molecular flexibility index (Phi) is 5.59. The Bertz CT molecular complexity index is 446. The molecule has 1 saturated carbocycles. The molecule has 0 spiro atoms. The molecule has 3 N–H and O–H groups in total. The van der Waals surface area contributed by atoms with E-state index in [2.05, 4.69) is 22.8 Å². The maximum absolute atomic E-state index is 11.8. The third-order valence-electron chi connectivity index (χ3n) is 4.14. The lowest BCUT2D eigenvalue weighted by Gasteiger charge is -2.42. The molecule has 1 aliphatic rings. The number of amides is 2. The van der Waals surface area contributed by atoms with Crippen molar-refractivity contribution >= 4 is 6.03 Å². The van der Waals surface area contributed by atoms with Crippen LogP contribution in [0.2, 0.25) is 0 Å². The molecule has 0 heterocycles. The first-order valence-corrected chi connectivity index (χ1v) is 7.40. The zero-order chi connectivity index (χ0) is 15.1. The van der Waals surface area contributed by atoms with E-state index in [1.54, 1.807) is 0 Å². The Morgan fingerprint density at radius 3 is 2.62 bits per heavy atom. The second kappa shape index (κ2) is 7.43.